The Bertz CT molecular complexity index is 233. The maximum absolute atomic E-state index is 9.54. The van der Waals surface area contributed by atoms with Crippen molar-refractivity contribution in [3.05, 3.63) is 24.3 Å². The van der Waals surface area contributed by atoms with Crippen LogP contribution in [0.5, 0.6) is 0 Å². The molecule has 58 valence electrons. The second-order valence-corrected chi connectivity index (χ2v) is 2.89. The van der Waals surface area contributed by atoms with Crippen molar-refractivity contribution >= 4 is 0 Å². The van der Waals surface area contributed by atoms with E-state index in [1.807, 2.05) is 0 Å². The van der Waals surface area contributed by atoms with Crippen molar-refractivity contribution in [2.75, 3.05) is 0 Å². The third kappa shape index (κ3) is 1.38. The Balaban J connectivity index is 2.15. The summed E-state index contributed by atoms with van der Waals surface area (Å²) in [5.74, 6) is 0.979. The number of aliphatic hydroxyl groups excluding tert-OH is 1. The Labute approximate surface area is 65.1 Å². The number of aromatic nitrogens is 2. The van der Waals surface area contributed by atoms with Gasteiger partial charge in [-0.1, -0.05) is 0 Å². The first kappa shape index (κ1) is 6.73. The van der Waals surface area contributed by atoms with Crippen molar-refractivity contribution < 1.29 is 5.11 Å². The van der Waals surface area contributed by atoms with Gasteiger partial charge in [-0.25, -0.2) is 9.97 Å². The number of rotatable bonds is 2. The summed E-state index contributed by atoms with van der Waals surface area (Å²) in [7, 11) is 0. The standard InChI is InChI=1S/C8H10N2O/c11-7(6-2-3-6)8-9-4-1-5-10-8/h1,4-7,11H,2-3H2. The van der Waals surface area contributed by atoms with Crippen molar-refractivity contribution in [3.63, 3.8) is 0 Å². The lowest BCUT2D eigenvalue weighted by Crippen LogP contribution is -2.04. The monoisotopic (exact) mass is 150 g/mol. The second kappa shape index (κ2) is 2.58. The molecule has 1 aliphatic rings. The summed E-state index contributed by atoms with van der Waals surface area (Å²) >= 11 is 0. The first-order valence-electron chi connectivity index (χ1n) is 3.83. The molecular weight excluding hydrogens is 140 g/mol. The first-order valence-corrected chi connectivity index (χ1v) is 3.83. The molecule has 1 saturated carbocycles. The molecule has 0 aromatic carbocycles. The van der Waals surface area contributed by atoms with E-state index in [2.05, 4.69) is 9.97 Å². The molecule has 0 spiro atoms. The molecule has 0 amide bonds. The average molecular weight is 150 g/mol. The van der Waals surface area contributed by atoms with Crippen LogP contribution in [0.2, 0.25) is 0 Å². The average Bonchev–Trinajstić information content (AvgIpc) is 2.87. The van der Waals surface area contributed by atoms with E-state index in [9.17, 15) is 5.11 Å². The molecule has 0 radical (unpaired) electrons. The molecule has 11 heavy (non-hydrogen) atoms. The van der Waals surface area contributed by atoms with Gasteiger partial charge in [0.05, 0.1) is 0 Å². The molecule has 1 aromatic rings. The Kier molecular flexibility index (Phi) is 1.58. The molecule has 0 bridgehead atoms. The fourth-order valence-corrected chi connectivity index (χ4v) is 1.09. The highest BCUT2D eigenvalue weighted by Crippen LogP contribution is 2.39. The van der Waals surface area contributed by atoms with Crippen LogP contribution in [0.1, 0.15) is 24.8 Å². The van der Waals surface area contributed by atoms with Crippen LogP contribution in [0.4, 0.5) is 0 Å². The van der Waals surface area contributed by atoms with Gasteiger partial charge < -0.3 is 5.11 Å². The van der Waals surface area contributed by atoms with E-state index in [-0.39, 0.29) is 0 Å². The van der Waals surface area contributed by atoms with Gasteiger partial charge in [-0.3, -0.25) is 0 Å². The molecule has 1 aromatic heterocycles. The van der Waals surface area contributed by atoms with E-state index in [1.165, 1.54) is 0 Å². The van der Waals surface area contributed by atoms with Crippen LogP contribution in [0, 0.1) is 5.92 Å². The van der Waals surface area contributed by atoms with Gasteiger partial charge in [-0.2, -0.15) is 0 Å². The van der Waals surface area contributed by atoms with Crippen LogP contribution < -0.4 is 0 Å². The van der Waals surface area contributed by atoms with Crippen LogP contribution in [-0.2, 0) is 0 Å². The van der Waals surface area contributed by atoms with Gasteiger partial charge in [-0.15, -0.1) is 0 Å². The van der Waals surface area contributed by atoms with Gasteiger partial charge in [0, 0.05) is 12.4 Å². The fourth-order valence-electron chi connectivity index (χ4n) is 1.09. The molecule has 1 fully saturated rings. The summed E-state index contributed by atoms with van der Waals surface area (Å²) in [6.45, 7) is 0. The Morgan fingerprint density at radius 1 is 1.36 bits per heavy atom. The van der Waals surface area contributed by atoms with Crippen LogP contribution in [0.3, 0.4) is 0 Å². The Morgan fingerprint density at radius 2 is 2.00 bits per heavy atom. The van der Waals surface area contributed by atoms with E-state index in [1.54, 1.807) is 18.5 Å². The van der Waals surface area contributed by atoms with Crippen molar-refractivity contribution in [1.82, 2.24) is 9.97 Å². The first-order chi connectivity index (χ1) is 5.38. The molecule has 0 aliphatic heterocycles. The van der Waals surface area contributed by atoms with Gasteiger partial charge in [0.2, 0.25) is 0 Å². The fraction of sp³-hybridized carbons (Fsp3) is 0.500. The highest BCUT2D eigenvalue weighted by molar-refractivity contribution is 4.98. The van der Waals surface area contributed by atoms with Crippen LogP contribution >= 0.6 is 0 Å². The summed E-state index contributed by atoms with van der Waals surface area (Å²) in [4.78, 5) is 7.96. The molecule has 1 aliphatic carbocycles. The molecule has 1 N–H and O–H groups in total. The molecule has 3 nitrogen and oxygen atoms in total. The smallest absolute Gasteiger partial charge is 0.157 e. The normalized spacial score (nSPS) is 19.7. The highest BCUT2D eigenvalue weighted by Gasteiger charge is 2.32. The molecule has 0 saturated heterocycles. The van der Waals surface area contributed by atoms with Gasteiger partial charge in [0.25, 0.3) is 0 Å². The quantitative estimate of drug-likeness (QED) is 0.681. The zero-order chi connectivity index (χ0) is 7.68. The third-order valence-electron chi connectivity index (χ3n) is 1.92. The number of hydrogen-bond acceptors (Lipinski definition) is 3. The van der Waals surface area contributed by atoms with Crippen molar-refractivity contribution in [2.45, 2.75) is 18.9 Å². The predicted molar refractivity (Wildman–Crippen MR) is 39.7 cm³/mol. The zero-order valence-corrected chi connectivity index (χ0v) is 6.14. The van der Waals surface area contributed by atoms with Gasteiger partial charge in [0.1, 0.15) is 6.10 Å². The van der Waals surface area contributed by atoms with Gasteiger partial charge in [0.15, 0.2) is 5.82 Å². The zero-order valence-electron chi connectivity index (χ0n) is 6.14. The van der Waals surface area contributed by atoms with Crippen molar-refractivity contribution in [2.24, 2.45) is 5.92 Å². The maximum Gasteiger partial charge on any atom is 0.157 e. The maximum atomic E-state index is 9.54. The lowest BCUT2D eigenvalue weighted by molar-refractivity contribution is 0.144. The van der Waals surface area contributed by atoms with E-state index in [0.29, 0.717) is 11.7 Å². The summed E-state index contributed by atoms with van der Waals surface area (Å²) in [5, 5.41) is 9.54. The third-order valence-corrected chi connectivity index (χ3v) is 1.92. The molecular formula is C8H10N2O. The minimum atomic E-state index is -0.434. The SMILES string of the molecule is OC(c1ncccn1)C1CC1. The molecule has 2 rings (SSSR count). The van der Waals surface area contributed by atoms with Gasteiger partial charge in [-0.05, 0) is 24.8 Å². The second-order valence-electron chi connectivity index (χ2n) is 2.89. The largest absolute Gasteiger partial charge is 0.385 e. The molecule has 1 heterocycles. The minimum Gasteiger partial charge on any atom is -0.385 e. The Hall–Kier alpha value is -0.960. The number of aliphatic hydroxyl groups is 1. The van der Waals surface area contributed by atoms with Crippen LogP contribution in [-0.4, -0.2) is 15.1 Å². The van der Waals surface area contributed by atoms with Crippen molar-refractivity contribution in [3.8, 4) is 0 Å². The van der Waals surface area contributed by atoms with E-state index < -0.39 is 6.10 Å². The Morgan fingerprint density at radius 3 is 2.55 bits per heavy atom. The number of nitrogens with zero attached hydrogens (tertiary/aromatic N) is 2. The van der Waals surface area contributed by atoms with E-state index in [4.69, 9.17) is 0 Å². The minimum absolute atomic E-state index is 0.414. The van der Waals surface area contributed by atoms with E-state index in [0.717, 1.165) is 12.8 Å². The summed E-state index contributed by atoms with van der Waals surface area (Å²) in [5.41, 5.74) is 0. The van der Waals surface area contributed by atoms with Crippen LogP contribution in [0.25, 0.3) is 0 Å². The molecule has 1 atom stereocenters. The summed E-state index contributed by atoms with van der Waals surface area (Å²) in [6.07, 6.45) is 5.11. The predicted octanol–water partition coefficient (Wildman–Crippen LogP) is 0.920. The number of hydrogen-bond donors (Lipinski definition) is 1. The van der Waals surface area contributed by atoms with Crippen molar-refractivity contribution in [1.29, 1.82) is 0 Å². The molecule has 1 unspecified atom stereocenters. The highest BCUT2D eigenvalue weighted by atomic mass is 16.3. The van der Waals surface area contributed by atoms with Gasteiger partial charge >= 0.3 is 0 Å². The van der Waals surface area contributed by atoms with E-state index >= 15 is 0 Å². The van der Waals surface area contributed by atoms with Crippen LogP contribution in [0.15, 0.2) is 18.5 Å². The molecule has 3 heteroatoms. The topological polar surface area (TPSA) is 46.0 Å². The summed E-state index contributed by atoms with van der Waals surface area (Å²) in [6, 6.07) is 1.75. The summed E-state index contributed by atoms with van der Waals surface area (Å²) < 4.78 is 0. The lowest BCUT2D eigenvalue weighted by atomic mass is 10.2. The lowest BCUT2D eigenvalue weighted by Gasteiger charge is -2.04.